The van der Waals surface area contributed by atoms with E-state index in [9.17, 15) is 0 Å². The number of rotatable bonds is 7. The second kappa shape index (κ2) is 14.2. The molecule has 5 heteroatoms. The third kappa shape index (κ3) is 5.86. The second-order valence-electron chi connectivity index (χ2n) is 15.3. The standard InChI is InChI=1S/C56H35N3O2/c1-4-16-37(17-5-1)47-34-48(38-18-6-2-7-19-38)58-56(57-47)46-27-15-29-51-54(46)53-44-24-11-10-22-42(44)49(35-52(53)60-51)59(39-20-8-3-9-21-39)40-32-30-36(31-33-40)41-25-14-26-45-43-23-12-13-28-50(43)61-55(41)45/h1-35H. The molecule has 0 unspecified atom stereocenters. The van der Waals surface area contributed by atoms with E-state index in [1.165, 1.54) is 0 Å². The van der Waals surface area contributed by atoms with Crippen molar-refractivity contribution in [1.29, 1.82) is 0 Å². The number of hydrogen-bond donors (Lipinski definition) is 0. The number of hydrogen-bond acceptors (Lipinski definition) is 5. The SMILES string of the molecule is c1ccc(-c2cc(-c3ccccc3)nc(-c3cccc4oc5cc(N(c6ccccc6)c6ccc(-c7cccc8c7oc7ccccc78)cc6)c6ccccc6c5c34)n2)cc1. The van der Waals surface area contributed by atoms with Gasteiger partial charge in [-0.25, -0.2) is 9.97 Å². The summed E-state index contributed by atoms with van der Waals surface area (Å²) in [6, 6.07) is 73.6. The Kier molecular flexibility index (Phi) is 8.10. The molecule has 3 heterocycles. The van der Waals surface area contributed by atoms with Crippen molar-refractivity contribution in [1.82, 2.24) is 9.97 Å². The minimum absolute atomic E-state index is 0.644. The van der Waals surface area contributed by atoms with Gasteiger partial charge < -0.3 is 13.7 Å². The molecule has 0 radical (unpaired) electrons. The Bertz CT molecular complexity index is 3520. The molecule has 0 saturated heterocycles. The van der Waals surface area contributed by atoms with Crippen LogP contribution in [0.25, 0.3) is 99.7 Å². The predicted octanol–water partition coefficient (Wildman–Crippen LogP) is 15.6. The van der Waals surface area contributed by atoms with Crippen LogP contribution >= 0.6 is 0 Å². The molecule has 0 aliphatic rings. The van der Waals surface area contributed by atoms with Crippen LogP contribution in [-0.2, 0) is 0 Å². The van der Waals surface area contributed by atoms with Crippen molar-refractivity contribution in [3.63, 3.8) is 0 Å². The Morgan fingerprint density at radius 2 is 0.902 bits per heavy atom. The molecule has 12 rings (SSSR count). The van der Waals surface area contributed by atoms with Crippen LogP contribution in [0, 0.1) is 0 Å². The smallest absolute Gasteiger partial charge is 0.161 e. The van der Waals surface area contributed by atoms with Crippen molar-refractivity contribution in [3.05, 3.63) is 212 Å². The van der Waals surface area contributed by atoms with Crippen molar-refractivity contribution in [2.45, 2.75) is 0 Å². The molecule has 0 saturated carbocycles. The zero-order valence-corrected chi connectivity index (χ0v) is 32.9. The summed E-state index contributed by atoms with van der Waals surface area (Å²) in [5.74, 6) is 0.644. The molecule has 61 heavy (non-hydrogen) atoms. The second-order valence-corrected chi connectivity index (χ2v) is 15.3. The molecule has 0 aliphatic carbocycles. The van der Waals surface area contributed by atoms with E-state index in [-0.39, 0.29) is 0 Å². The lowest BCUT2D eigenvalue weighted by Gasteiger charge is -2.27. The number of benzene rings is 9. The van der Waals surface area contributed by atoms with Gasteiger partial charge in [0, 0.05) is 66.6 Å². The number of nitrogens with zero attached hydrogens (tertiary/aromatic N) is 3. The summed E-state index contributed by atoms with van der Waals surface area (Å²) < 4.78 is 13.3. The van der Waals surface area contributed by atoms with Gasteiger partial charge in [-0.2, -0.15) is 0 Å². The van der Waals surface area contributed by atoms with Crippen LogP contribution in [0.1, 0.15) is 0 Å². The Labute approximate surface area is 351 Å². The number of furan rings is 2. The van der Waals surface area contributed by atoms with Gasteiger partial charge in [-0.15, -0.1) is 0 Å². The molecular formula is C56H35N3O2. The molecule has 5 nitrogen and oxygen atoms in total. The molecule has 9 aromatic carbocycles. The van der Waals surface area contributed by atoms with E-state index in [1.807, 2.05) is 60.7 Å². The molecule has 3 aromatic heterocycles. The minimum Gasteiger partial charge on any atom is -0.456 e. The van der Waals surface area contributed by atoms with Crippen LogP contribution in [0.4, 0.5) is 17.1 Å². The first-order chi connectivity index (χ1) is 30.2. The van der Waals surface area contributed by atoms with Crippen molar-refractivity contribution in [3.8, 4) is 45.0 Å². The Morgan fingerprint density at radius 3 is 1.62 bits per heavy atom. The number of anilines is 3. The van der Waals surface area contributed by atoms with Gasteiger partial charge in [0.05, 0.1) is 17.1 Å². The minimum atomic E-state index is 0.644. The van der Waals surface area contributed by atoms with Gasteiger partial charge in [-0.3, -0.25) is 0 Å². The van der Waals surface area contributed by atoms with E-state index < -0.39 is 0 Å². The van der Waals surface area contributed by atoms with Gasteiger partial charge in [-0.05, 0) is 53.4 Å². The zero-order valence-electron chi connectivity index (χ0n) is 32.9. The van der Waals surface area contributed by atoms with Crippen LogP contribution in [0.2, 0.25) is 0 Å². The van der Waals surface area contributed by atoms with E-state index in [0.717, 1.165) is 111 Å². The van der Waals surface area contributed by atoms with Crippen molar-refractivity contribution in [2.75, 3.05) is 4.90 Å². The highest BCUT2D eigenvalue weighted by Crippen LogP contribution is 2.47. The fourth-order valence-electron chi connectivity index (χ4n) is 8.88. The molecule has 0 aliphatic heterocycles. The molecule has 286 valence electrons. The summed E-state index contributed by atoms with van der Waals surface area (Å²) in [6.45, 7) is 0. The lowest BCUT2D eigenvalue weighted by Crippen LogP contribution is -2.10. The van der Waals surface area contributed by atoms with Crippen LogP contribution in [0.5, 0.6) is 0 Å². The monoisotopic (exact) mass is 781 g/mol. The maximum Gasteiger partial charge on any atom is 0.161 e. The molecule has 0 spiro atoms. The number of para-hydroxylation sites is 3. The van der Waals surface area contributed by atoms with Crippen molar-refractivity contribution in [2.24, 2.45) is 0 Å². The first-order valence-electron chi connectivity index (χ1n) is 20.5. The summed E-state index contributed by atoms with van der Waals surface area (Å²) in [4.78, 5) is 12.8. The van der Waals surface area contributed by atoms with Crippen molar-refractivity contribution >= 4 is 71.7 Å². The van der Waals surface area contributed by atoms with E-state index in [1.54, 1.807) is 0 Å². The zero-order chi connectivity index (χ0) is 40.3. The Balaban J connectivity index is 1.04. The quantitative estimate of drug-likeness (QED) is 0.161. The van der Waals surface area contributed by atoms with Gasteiger partial charge >= 0.3 is 0 Å². The molecule has 0 atom stereocenters. The highest BCUT2D eigenvalue weighted by molar-refractivity contribution is 6.25. The van der Waals surface area contributed by atoms with Gasteiger partial charge in [0.15, 0.2) is 5.82 Å². The largest absolute Gasteiger partial charge is 0.456 e. The molecule has 0 fully saturated rings. The first kappa shape index (κ1) is 34.7. The van der Waals surface area contributed by atoms with E-state index in [2.05, 4.69) is 157 Å². The summed E-state index contributed by atoms with van der Waals surface area (Å²) in [5, 5.41) is 6.43. The van der Waals surface area contributed by atoms with Gasteiger partial charge in [0.1, 0.15) is 22.3 Å². The van der Waals surface area contributed by atoms with E-state index in [0.29, 0.717) is 5.82 Å². The Morgan fingerprint density at radius 1 is 0.344 bits per heavy atom. The lowest BCUT2D eigenvalue weighted by molar-refractivity contribution is 0.669. The highest BCUT2D eigenvalue weighted by atomic mass is 16.3. The van der Waals surface area contributed by atoms with Gasteiger partial charge in [0.25, 0.3) is 0 Å². The number of aromatic nitrogens is 2. The Hall–Kier alpha value is -8.28. The number of fused-ring (bicyclic) bond motifs is 8. The van der Waals surface area contributed by atoms with Crippen LogP contribution < -0.4 is 4.90 Å². The van der Waals surface area contributed by atoms with Crippen LogP contribution in [0.15, 0.2) is 221 Å². The molecule has 0 amide bonds. The summed E-state index contributed by atoms with van der Waals surface area (Å²) in [5.41, 5.74) is 13.3. The fraction of sp³-hybridized carbons (Fsp3) is 0. The van der Waals surface area contributed by atoms with Crippen molar-refractivity contribution < 1.29 is 8.83 Å². The van der Waals surface area contributed by atoms with E-state index >= 15 is 0 Å². The average molecular weight is 782 g/mol. The predicted molar refractivity (Wildman–Crippen MR) is 251 cm³/mol. The fourth-order valence-corrected chi connectivity index (χ4v) is 8.88. The maximum atomic E-state index is 6.87. The van der Waals surface area contributed by atoms with Gasteiger partial charge in [0.2, 0.25) is 0 Å². The topological polar surface area (TPSA) is 55.3 Å². The molecule has 0 N–H and O–H groups in total. The third-order valence-electron chi connectivity index (χ3n) is 11.7. The summed E-state index contributed by atoms with van der Waals surface area (Å²) in [7, 11) is 0. The third-order valence-corrected chi connectivity index (χ3v) is 11.7. The average Bonchev–Trinajstić information content (AvgIpc) is 3.92. The summed E-state index contributed by atoms with van der Waals surface area (Å²) in [6.07, 6.45) is 0. The normalized spacial score (nSPS) is 11.6. The summed E-state index contributed by atoms with van der Waals surface area (Å²) >= 11 is 0. The van der Waals surface area contributed by atoms with E-state index in [4.69, 9.17) is 18.8 Å². The lowest BCUT2D eigenvalue weighted by atomic mass is 9.97. The highest BCUT2D eigenvalue weighted by Gasteiger charge is 2.23. The molecular weight excluding hydrogens is 747 g/mol. The van der Waals surface area contributed by atoms with Crippen LogP contribution in [-0.4, -0.2) is 9.97 Å². The first-order valence-corrected chi connectivity index (χ1v) is 20.5. The van der Waals surface area contributed by atoms with Gasteiger partial charge in [-0.1, -0.05) is 164 Å². The maximum absolute atomic E-state index is 6.87. The molecule has 12 aromatic rings. The molecule has 0 bridgehead atoms. The van der Waals surface area contributed by atoms with Crippen LogP contribution in [0.3, 0.4) is 0 Å².